The van der Waals surface area contributed by atoms with E-state index in [1.165, 1.54) is 0 Å². The van der Waals surface area contributed by atoms with E-state index in [9.17, 15) is 22.9 Å². The first-order chi connectivity index (χ1) is 11.9. The third-order valence-electron chi connectivity index (χ3n) is 6.87. The number of rotatable bonds is 3. The van der Waals surface area contributed by atoms with Gasteiger partial charge in [-0.3, -0.25) is 9.35 Å². The summed E-state index contributed by atoms with van der Waals surface area (Å²) in [5.41, 5.74) is 1.42. The first-order valence-corrected chi connectivity index (χ1v) is 10.7. The molecule has 1 aromatic rings. The molecule has 3 atom stereocenters. The van der Waals surface area contributed by atoms with Gasteiger partial charge in [-0.15, -0.1) is 0 Å². The Hall–Kier alpha value is -0.440. The summed E-state index contributed by atoms with van der Waals surface area (Å²) in [6.45, 7) is 7.71. The molecule has 28 heavy (non-hydrogen) atoms. The minimum Gasteiger partial charge on any atom is -0.481 e. The van der Waals surface area contributed by atoms with Crippen molar-refractivity contribution in [2.45, 2.75) is 76.0 Å². The molecule has 2 aliphatic rings. The van der Waals surface area contributed by atoms with Gasteiger partial charge in [-0.2, -0.15) is 8.42 Å². The van der Waals surface area contributed by atoms with Gasteiger partial charge in [0.15, 0.2) is 0 Å². The minimum atomic E-state index is -4.34. The Balaban J connectivity index is 0.00000196. The topological polar surface area (TPSA) is 123 Å². The van der Waals surface area contributed by atoms with Crippen LogP contribution in [-0.4, -0.2) is 59.1 Å². The number of carboxylic acid groups (broad SMARTS) is 1. The van der Waals surface area contributed by atoms with Crippen LogP contribution in [0.2, 0.25) is 0 Å². The van der Waals surface area contributed by atoms with Crippen molar-refractivity contribution in [3.8, 4) is 0 Å². The summed E-state index contributed by atoms with van der Waals surface area (Å²) in [5, 5.41) is 9.86. The monoisotopic (exact) mass is 421 g/mol. The first kappa shape index (κ1) is 25.6. The number of aliphatic carboxylic acids is 1. The Labute approximate surface area is 189 Å². The number of carbonyl (C=O) groups is 1. The van der Waals surface area contributed by atoms with E-state index in [0.717, 1.165) is 36.8 Å². The zero-order valence-corrected chi connectivity index (χ0v) is 20.2. The van der Waals surface area contributed by atoms with E-state index < -0.39 is 26.9 Å². The van der Waals surface area contributed by atoms with Gasteiger partial charge in [0.2, 0.25) is 0 Å². The third kappa shape index (κ3) is 3.94. The molecular formula is C20H30NaO6S. The van der Waals surface area contributed by atoms with Gasteiger partial charge < -0.3 is 10.6 Å². The summed E-state index contributed by atoms with van der Waals surface area (Å²) in [6.07, 6.45) is 3.80. The Morgan fingerprint density at radius 2 is 1.82 bits per heavy atom. The van der Waals surface area contributed by atoms with Gasteiger partial charge in [0.1, 0.15) is 0 Å². The zero-order valence-electron chi connectivity index (χ0n) is 17.4. The molecule has 2 aliphatic carbocycles. The average Bonchev–Trinajstić information content (AvgIpc) is 2.52. The molecule has 0 aliphatic heterocycles. The van der Waals surface area contributed by atoms with Crippen molar-refractivity contribution in [3.05, 3.63) is 28.8 Å². The van der Waals surface area contributed by atoms with Crippen molar-refractivity contribution < 1.29 is 28.3 Å². The molecule has 0 spiro atoms. The van der Waals surface area contributed by atoms with Crippen LogP contribution < -0.4 is 0 Å². The predicted molar refractivity (Wildman–Crippen MR) is 108 cm³/mol. The third-order valence-corrected chi connectivity index (χ3v) is 7.78. The van der Waals surface area contributed by atoms with Gasteiger partial charge in [-0.05, 0) is 72.6 Å². The van der Waals surface area contributed by atoms with E-state index in [1.807, 2.05) is 26.8 Å². The summed E-state index contributed by atoms with van der Waals surface area (Å²) < 4.78 is 33.8. The summed E-state index contributed by atoms with van der Waals surface area (Å²) >= 11 is 0. The molecule has 0 unspecified atom stereocenters. The van der Waals surface area contributed by atoms with Gasteiger partial charge >= 0.3 is 5.97 Å². The van der Waals surface area contributed by atoms with E-state index in [4.69, 9.17) is 0 Å². The van der Waals surface area contributed by atoms with Crippen LogP contribution in [0.25, 0.3) is 0 Å². The van der Waals surface area contributed by atoms with Crippen LogP contribution in [0.3, 0.4) is 0 Å². The van der Waals surface area contributed by atoms with Crippen LogP contribution in [0.1, 0.15) is 76.0 Å². The largest absolute Gasteiger partial charge is 0.481 e. The van der Waals surface area contributed by atoms with Crippen molar-refractivity contribution in [2.75, 3.05) is 0 Å². The summed E-state index contributed by atoms with van der Waals surface area (Å²) in [5.74, 6) is -0.850. The molecule has 3 rings (SSSR count). The number of hydrogen-bond donors (Lipinski definition) is 2. The molecule has 153 valence electrons. The maximum absolute atomic E-state index is 12.0. The van der Waals surface area contributed by atoms with E-state index in [-0.39, 0.29) is 51.8 Å². The molecule has 6 nitrogen and oxygen atoms in total. The SMILES string of the molecule is CC(C)c1cc2c(cc1S(=O)(=O)O)[C@@]1(C)CCC[C@@](C)(C(=O)O)[C@@H]1CC2.O.[Na]. The Morgan fingerprint density at radius 3 is 2.32 bits per heavy atom. The van der Waals surface area contributed by atoms with Gasteiger partial charge in [-0.1, -0.05) is 33.3 Å². The molecule has 8 heteroatoms. The molecule has 0 heterocycles. The molecule has 4 N–H and O–H groups in total. The standard InChI is InChI=1S/C20H28O5S.Na.H2O/c1-12(2)14-10-13-6-7-17-19(3,8-5-9-20(17,4)18(21)22)15(13)11-16(14)26(23,24)25;;/h10-12,17H,5-9H2,1-4H3,(H,21,22)(H,23,24,25);;1H2/t17-,19-,20-;;/m1../s1. The smallest absolute Gasteiger partial charge is 0.309 e. The Bertz CT molecular complexity index is 866. The maximum atomic E-state index is 12.0. The summed E-state index contributed by atoms with van der Waals surface area (Å²) in [7, 11) is -4.34. The van der Waals surface area contributed by atoms with Crippen LogP contribution >= 0.6 is 0 Å². The quantitative estimate of drug-likeness (QED) is 0.574. The predicted octanol–water partition coefficient (Wildman–Crippen LogP) is 2.95. The molecule has 1 saturated carbocycles. The van der Waals surface area contributed by atoms with Crippen LogP contribution in [0, 0.1) is 11.3 Å². The van der Waals surface area contributed by atoms with E-state index in [2.05, 4.69) is 6.92 Å². The number of hydrogen-bond acceptors (Lipinski definition) is 3. The average molecular weight is 422 g/mol. The molecule has 1 radical (unpaired) electrons. The molecule has 1 fully saturated rings. The summed E-state index contributed by atoms with van der Waals surface area (Å²) in [6, 6.07) is 3.54. The Morgan fingerprint density at radius 1 is 1.21 bits per heavy atom. The normalized spacial score (nSPS) is 29.1. The van der Waals surface area contributed by atoms with E-state index in [0.29, 0.717) is 12.0 Å². The van der Waals surface area contributed by atoms with Gasteiger partial charge in [-0.25, -0.2) is 0 Å². The zero-order chi connectivity index (χ0) is 19.5. The fourth-order valence-electron chi connectivity index (χ4n) is 5.45. The van der Waals surface area contributed by atoms with Crippen molar-refractivity contribution in [2.24, 2.45) is 11.3 Å². The van der Waals surface area contributed by atoms with Gasteiger partial charge in [0, 0.05) is 29.6 Å². The minimum absolute atomic E-state index is 0. The van der Waals surface area contributed by atoms with Crippen LogP contribution in [0.4, 0.5) is 0 Å². The van der Waals surface area contributed by atoms with Crippen molar-refractivity contribution in [1.29, 1.82) is 0 Å². The van der Waals surface area contributed by atoms with E-state index >= 15 is 0 Å². The molecule has 0 saturated heterocycles. The fraction of sp³-hybridized carbons (Fsp3) is 0.650. The maximum Gasteiger partial charge on any atom is 0.309 e. The number of aryl methyl sites for hydroxylation is 1. The van der Waals surface area contributed by atoms with Crippen molar-refractivity contribution >= 4 is 45.6 Å². The molecule has 0 aromatic heterocycles. The van der Waals surface area contributed by atoms with Crippen molar-refractivity contribution in [1.82, 2.24) is 0 Å². The second-order valence-electron chi connectivity index (χ2n) is 8.76. The van der Waals surface area contributed by atoms with Crippen LogP contribution in [0.5, 0.6) is 0 Å². The Kier molecular flexibility index (Phi) is 7.64. The second-order valence-corrected chi connectivity index (χ2v) is 10.2. The second kappa shape index (κ2) is 8.36. The van der Waals surface area contributed by atoms with E-state index in [1.54, 1.807) is 6.07 Å². The number of carboxylic acids is 1. The van der Waals surface area contributed by atoms with Gasteiger partial charge in [0.05, 0.1) is 10.3 Å². The molecule has 0 bridgehead atoms. The van der Waals surface area contributed by atoms with Crippen molar-refractivity contribution in [3.63, 3.8) is 0 Å². The molecule has 1 aromatic carbocycles. The summed E-state index contributed by atoms with van der Waals surface area (Å²) in [4.78, 5) is 12.0. The number of fused-ring (bicyclic) bond motifs is 3. The first-order valence-electron chi connectivity index (χ1n) is 9.29. The van der Waals surface area contributed by atoms with Crippen LogP contribution in [0.15, 0.2) is 17.0 Å². The molecule has 0 amide bonds. The fourth-order valence-corrected chi connectivity index (χ4v) is 6.31. The van der Waals surface area contributed by atoms with Crippen LogP contribution in [-0.2, 0) is 26.7 Å². The molecular weight excluding hydrogens is 391 g/mol. The number of benzene rings is 1. The van der Waals surface area contributed by atoms with Gasteiger partial charge in [0.25, 0.3) is 10.1 Å².